The highest BCUT2D eigenvalue weighted by Crippen LogP contribution is 2.30. The third kappa shape index (κ3) is 5.21. The van der Waals surface area contributed by atoms with E-state index in [0.29, 0.717) is 18.0 Å². The average Bonchev–Trinajstić information content (AvgIpc) is 2.63. The molecule has 0 aliphatic carbocycles. The van der Waals surface area contributed by atoms with Gasteiger partial charge in [0.2, 0.25) is 0 Å². The zero-order valence-electron chi connectivity index (χ0n) is 15.6. The molecule has 3 rings (SSSR count). The zero-order chi connectivity index (χ0) is 18.4. The Bertz CT molecular complexity index is 570. The maximum atomic E-state index is 10.1. The van der Waals surface area contributed by atoms with Crippen LogP contribution in [0.5, 0.6) is 11.5 Å². The van der Waals surface area contributed by atoms with Gasteiger partial charge in [0.15, 0.2) is 11.5 Å². The molecule has 2 aliphatic rings. The molecule has 3 atom stereocenters. The summed E-state index contributed by atoms with van der Waals surface area (Å²) in [5.41, 5.74) is 0.916. The van der Waals surface area contributed by atoms with Crippen LogP contribution >= 0.6 is 0 Å². The van der Waals surface area contributed by atoms with Crippen LogP contribution in [0.25, 0.3) is 0 Å². The highest BCUT2D eigenvalue weighted by atomic mass is 16.5. The van der Waals surface area contributed by atoms with E-state index in [1.807, 2.05) is 25.2 Å². The largest absolute Gasteiger partial charge is 0.493 e. The highest BCUT2D eigenvalue weighted by molar-refractivity contribution is 5.55. The first-order chi connectivity index (χ1) is 12.7. The number of likely N-dealkylation sites (tertiary alicyclic amines) is 1. The standard InChI is InChI=1S/C18H31N5O3/c1-19-17-6-7-20-18(22-17)21-13-4-5-15(25-2)16(10-13)26-12-14(24)11-23-8-3-9-23/h4-5,10,14,17-22,24H,3,6-9,11-12H2,1-2H3/t14-,17?,18?/m1/s1. The number of anilines is 1. The molecule has 0 spiro atoms. The van der Waals surface area contributed by atoms with Gasteiger partial charge < -0.3 is 30.1 Å². The van der Waals surface area contributed by atoms with Crippen molar-refractivity contribution in [2.24, 2.45) is 0 Å². The van der Waals surface area contributed by atoms with Gasteiger partial charge in [0.05, 0.1) is 13.3 Å². The molecular formula is C18H31N5O3. The minimum Gasteiger partial charge on any atom is -0.493 e. The summed E-state index contributed by atoms with van der Waals surface area (Å²) in [5.74, 6) is 1.28. The summed E-state index contributed by atoms with van der Waals surface area (Å²) >= 11 is 0. The van der Waals surface area contributed by atoms with Gasteiger partial charge in [-0.15, -0.1) is 0 Å². The summed E-state index contributed by atoms with van der Waals surface area (Å²) in [6.07, 6.45) is 1.99. The maximum absolute atomic E-state index is 10.1. The number of hydrogen-bond donors (Lipinski definition) is 5. The molecule has 0 bridgehead atoms. The molecule has 1 aromatic carbocycles. The van der Waals surface area contributed by atoms with Crippen LogP contribution in [0.2, 0.25) is 0 Å². The molecule has 0 aromatic heterocycles. The summed E-state index contributed by atoms with van der Waals surface area (Å²) in [4.78, 5) is 2.22. The van der Waals surface area contributed by atoms with Gasteiger partial charge in [-0.2, -0.15) is 0 Å². The van der Waals surface area contributed by atoms with E-state index < -0.39 is 6.10 Å². The number of aliphatic hydroxyl groups is 1. The van der Waals surface area contributed by atoms with Crippen LogP contribution in [-0.4, -0.2) is 75.5 Å². The normalized spacial score (nSPS) is 24.6. The molecular weight excluding hydrogens is 334 g/mol. The number of benzene rings is 1. The second-order valence-corrected chi connectivity index (χ2v) is 6.81. The first-order valence-electron chi connectivity index (χ1n) is 9.32. The molecule has 2 fully saturated rings. The van der Waals surface area contributed by atoms with Crippen LogP contribution in [0.4, 0.5) is 5.69 Å². The van der Waals surface area contributed by atoms with Crippen LogP contribution in [0.15, 0.2) is 18.2 Å². The number of nitrogens with zero attached hydrogens (tertiary/aromatic N) is 1. The van der Waals surface area contributed by atoms with Gasteiger partial charge in [-0.3, -0.25) is 10.6 Å². The predicted octanol–water partition coefficient (Wildman–Crippen LogP) is -0.0355. The smallest absolute Gasteiger partial charge is 0.163 e. The number of rotatable bonds is 9. The molecule has 5 N–H and O–H groups in total. The quantitative estimate of drug-likeness (QED) is 0.417. The minimum absolute atomic E-state index is 0.0283. The molecule has 26 heavy (non-hydrogen) atoms. The molecule has 2 saturated heterocycles. The van der Waals surface area contributed by atoms with Gasteiger partial charge in [-0.05, 0) is 45.1 Å². The number of methoxy groups -OCH3 is 1. The van der Waals surface area contributed by atoms with E-state index in [4.69, 9.17) is 9.47 Å². The fourth-order valence-electron chi connectivity index (χ4n) is 3.18. The predicted molar refractivity (Wildman–Crippen MR) is 102 cm³/mol. The Labute approximate surface area is 155 Å². The molecule has 0 radical (unpaired) electrons. The Hall–Kier alpha value is -1.58. The van der Waals surface area contributed by atoms with Gasteiger partial charge in [-0.25, -0.2) is 0 Å². The van der Waals surface area contributed by atoms with E-state index in [2.05, 4.69) is 26.2 Å². The molecule has 8 nitrogen and oxygen atoms in total. The third-order valence-electron chi connectivity index (χ3n) is 4.82. The van der Waals surface area contributed by atoms with Crippen molar-refractivity contribution in [1.82, 2.24) is 20.9 Å². The summed E-state index contributed by atoms with van der Waals surface area (Å²) in [5, 5.41) is 23.6. The van der Waals surface area contributed by atoms with E-state index in [1.54, 1.807) is 7.11 Å². The minimum atomic E-state index is -0.505. The van der Waals surface area contributed by atoms with Crippen LogP contribution in [-0.2, 0) is 0 Å². The van der Waals surface area contributed by atoms with E-state index in [-0.39, 0.29) is 19.1 Å². The van der Waals surface area contributed by atoms with Crippen molar-refractivity contribution in [3.05, 3.63) is 18.2 Å². The van der Waals surface area contributed by atoms with Crippen LogP contribution in [0, 0.1) is 0 Å². The Morgan fingerprint density at radius 3 is 2.88 bits per heavy atom. The van der Waals surface area contributed by atoms with E-state index in [1.165, 1.54) is 6.42 Å². The molecule has 146 valence electrons. The van der Waals surface area contributed by atoms with Gasteiger partial charge in [0.1, 0.15) is 19.0 Å². The number of aliphatic hydroxyl groups excluding tert-OH is 1. The topological polar surface area (TPSA) is 90.0 Å². The van der Waals surface area contributed by atoms with Crippen LogP contribution in [0.1, 0.15) is 12.8 Å². The summed E-state index contributed by atoms with van der Waals surface area (Å²) < 4.78 is 11.2. The lowest BCUT2D eigenvalue weighted by Gasteiger charge is -2.33. The van der Waals surface area contributed by atoms with Crippen molar-refractivity contribution in [3.63, 3.8) is 0 Å². The fraction of sp³-hybridized carbons (Fsp3) is 0.667. The van der Waals surface area contributed by atoms with E-state index in [9.17, 15) is 5.11 Å². The van der Waals surface area contributed by atoms with Crippen molar-refractivity contribution >= 4 is 5.69 Å². The monoisotopic (exact) mass is 365 g/mol. The number of nitrogens with one attached hydrogen (secondary N) is 4. The lowest BCUT2D eigenvalue weighted by atomic mass is 10.2. The number of ether oxygens (including phenoxy) is 2. The van der Waals surface area contributed by atoms with Gasteiger partial charge in [0.25, 0.3) is 0 Å². The third-order valence-corrected chi connectivity index (χ3v) is 4.82. The second-order valence-electron chi connectivity index (χ2n) is 6.81. The number of hydrogen-bond acceptors (Lipinski definition) is 8. The van der Waals surface area contributed by atoms with E-state index in [0.717, 1.165) is 31.7 Å². The van der Waals surface area contributed by atoms with Crippen molar-refractivity contribution in [3.8, 4) is 11.5 Å². The van der Waals surface area contributed by atoms with Crippen LogP contribution < -0.4 is 30.7 Å². The second kappa shape index (κ2) is 9.38. The summed E-state index contributed by atoms with van der Waals surface area (Å²) in [6, 6.07) is 5.73. The molecule has 8 heteroatoms. The fourth-order valence-corrected chi connectivity index (χ4v) is 3.18. The molecule has 2 aliphatic heterocycles. The Morgan fingerprint density at radius 2 is 2.19 bits per heavy atom. The van der Waals surface area contributed by atoms with Gasteiger partial charge in [-0.1, -0.05) is 0 Å². The van der Waals surface area contributed by atoms with E-state index >= 15 is 0 Å². The first-order valence-corrected chi connectivity index (χ1v) is 9.32. The molecule has 0 saturated carbocycles. The Morgan fingerprint density at radius 1 is 1.35 bits per heavy atom. The average molecular weight is 365 g/mol. The Kier molecular flexibility index (Phi) is 6.93. The SMILES string of the molecule is CNC1CCNC(Nc2ccc(OC)c(OC[C@H](O)CN3CCC3)c2)N1. The number of β-amino-alcohol motifs (C(OH)–C–C–N with tert-alkyl or cyclic N) is 1. The maximum Gasteiger partial charge on any atom is 0.163 e. The van der Waals surface area contributed by atoms with Gasteiger partial charge in [0, 0.05) is 24.8 Å². The molecule has 2 heterocycles. The summed E-state index contributed by atoms with van der Waals surface area (Å²) in [7, 11) is 3.57. The molecule has 2 unspecified atom stereocenters. The van der Waals surface area contributed by atoms with Crippen molar-refractivity contribution in [2.75, 3.05) is 52.3 Å². The molecule has 1 aromatic rings. The summed E-state index contributed by atoms with van der Waals surface area (Å²) in [6.45, 7) is 3.96. The van der Waals surface area contributed by atoms with Crippen LogP contribution in [0.3, 0.4) is 0 Å². The zero-order valence-corrected chi connectivity index (χ0v) is 15.6. The van der Waals surface area contributed by atoms with Crippen molar-refractivity contribution in [1.29, 1.82) is 0 Å². The Balaban J connectivity index is 1.56. The molecule has 0 amide bonds. The highest BCUT2D eigenvalue weighted by Gasteiger charge is 2.20. The lowest BCUT2D eigenvalue weighted by Crippen LogP contribution is -2.61. The van der Waals surface area contributed by atoms with Crippen molar-refractivity contribution < 1.29 is 14.6 Å². The van der Waals surface area contributed by atoms with Crippen molar-refractivity contribution in [2.45, 2.75) is 31.4 Å². The lowest BCUT2D eigenvalue weighted by molar-refractivity contribution is 0.0460. The first kappa shape index (κ1) is 19.2. The van der Waals surface area contributed by atoms with Gasteiger partial charge >= 0.3 is 0 Å².